The van der Waals surface area contributed by atoms with Crippen LogP contribution in [0, 0.1) is 5.82 Å². The van der Waals surface area contributed by atoms with Crippen molar-refractivity contribution in [2.75, 3.05) is 37.6 Å². The Morgan fingerprint density at radius 1 is 1.06 bits per heavy atom. The SMILES string of the molecule is NCCC(=O)c1cccnc1N1CCN(C(=O)C(=O)c2c[nH]c3c(-n4ccnn4)ncc(F)c23)CC1. The summed E-state index contributed by atoms with van der Waals surface area (Å²) in [6.07, 6.45) is 7.06. The number of nitrogens with zero attached hydrogens (tertiary/aromatic N) is 7. The molecule has 3 N–H and O–H groups in total. The second kappa shape index (κ2) is 9.62. The summed E-state index contributed by atoms with van der Waals surface area (Å²) in [4.78, 5) is 53.2. The molecule has 0 saturated carbocycles. The second-order valence-corrected chi connectivity index (χ2v) is 8.17. The van der Waals surface area contributed by atoms with Crippen LogP contribution in [0.15, 0.2) is 43.1 Å². The van der Waals surface area contributed by atoms with Crippen molar-refractivity contribution in [2.45, 2.75) is 6.42 Å². The molecule has 1 amide bonds. The summed E-state index contributed by atoms with van der Waals surface area (Å²) in [5.41, 5.74) is 6.14. The smallest absolute Gasteiger partial charge is 0.295 e. The number of nitrogens with two attached hydrogens (primary N) is 1. The number of piperazine rings is 1. The lowest BCUT2D eigenvalue weighted by molar-refractivity contribution is -0.126. The fraction of sp³-hybridized carbons (Fsp3) is 0.261. The predicted molar refractivity (Wildman–Crippen MR) is 126 cm³/mol. The molecule has 0 aliphatic carbocycles. The van der Waals surface area contributed by atoms with Gasteiger partial charge in [-0.05, 0) is 18.7 Å². The molecule has 0 unspecified atom stereocenters. The van der Waals surface area contributed by atoms with E-state index in [1.54, 1.807) is 18.3 Å². The van der Waals surface area contributed by atoms with Crippen molar-refractivity contribution in [3.05, 3.63) is 60.1 Å². The van der Waals surface area contributed by atoms with Gasteiger partial charge in [-0.2, -0.15) is 0 Å². The first-order chi connectivity index (χ1) is 17.5. The fourth-order valence-electron chi connectivity index (χ4n) is 4.28. The van der Waals surface area contributed by atoms with E-state index in [-0.39, 0.29) is 54.1 Å². The number of carbonyl (C=O) groups excluding carboxylic acids is 3. The third kappa shape index (κ3) is 4.09. The number of fused-ring (bicyclic) bond motifs is 1. The lowest BCUT2D eigenvalue weighted by atomic mass is 10.1. The minimum absolute atomic E-state index is 0.0379. The normalized spacial score (nSPS) is 13.8. The van der Waals surface area contributed by atoms with Crippen LogP contribution >= 0.6 is 0 Å². The number of Topliss-reactive ketones (excluding diaryl/α,β-unsaturated/α-hetero) is 2. The van der Waals surface area contributed by atoms with E-state index in [2.05, 4.69) is 25.3 Å². The molecule has 1 aliphatic heterocycles. The molecule has 4 aromatic heterocycles. The monoisotopic (exact) mass is 491 g/mol. The molecule has 5 rings (SSSR count). The third-order valence-corrected chi connectivity index (χ3v) is 6.05. The number of H-pyrrole nitrogens is 1. The van der Waals surface area contributed by atoms with E-state index in [0.717, 1.165) is 6.20 Å². The Morgan fingerprint density at radius 3 is 2.58 bits per heavy atom. The minimum atomic E-state index is -0.832. The van der Waals surface area contributed by atoms with Crippen LogP contribution in [0.1, 0.15) is 27.1 Å². The van der Waals surface area contributed by atoms with Crippen molar-refractivity contribution < 1.29 is 18.8 Å². The van der Waals surface area contributed by atoms with Crippen molar-refractivity contribution in [1.29, 1.82) is 0 Å². The number of rotatable bonds is 7. The van der Waals surface area contributed by atoms with E-state index in [0.29, 0.717) is 24.5 Å². The molecule has 36 heavy (non-hydrogen) atoms. The van der Waals surface area contributed by atoms with Crippen LogP contribution in [-0.4, -0.2) is 85.0 Å². The molecule has 1 aliphatic rings. The zero-order chi connectivity index (χ0) is 25.2. The summed E-state index contributed by atoms with van der Waals surface area (Å²) in [5.74, 6) is -1.63. The first-order valence-electron chi connectivity index (χ1n) is 11.3. The van der Waals surface area contributed by atoms with Gasteiger partial charge in [-0.25, -0.2) is 19.0 Å². The summed E-state index contributed by atoms with van der Waals surface area (Å²) < 4.78 is 16.0. The molecule has 184 valence electrons. The van der Waals surface area contributed by atoms with Crippen molar-refractivity contribution >= 4 is 34.2 Å². The van der Waals surface area contributed by atoms with E-state index >= 15 is 0 Å². The van der Waals surface area contributed by atoms with Gasteiger partial charge in [-0.1, -0.05) is 5.21 Å². The highest BCUT2D eigenvalue weighted by molar-refractivity contribution is 6.45. The number of aromatic nitrogens is 6. The van der Waals surface area contributed by atoms with Gasteiger partial charge in [0.25, 0.3) is 11.7 Å². The van der Waals surface area contributed by atoms with Gasteiger partial charge in [0, 0.05) is 45.0 Å². The van der Waals surface area contributed by atoms with Gasteiger partial charge >= 0.3 is 0 Å². The molecule has 1 saturated heterocycles. The zero-order valence-electron chi connectivity index (χ0n) is 19.1. The quantitative estimate of drug-likeness (QED) is 0.281. The number of hydrogen-bond acceptors (Lipinski definition) is 9. The van der Waals surface area contributed by atoms with Crippen molar-refractivity contribution in [3.8, 4) is 5.82 Å². The molecule has 12 nitrogen and oxygen atoms in total. The standard InChI is InChI=1S/C23H22FN9O3/c24-16-13-28-22(33-7-6-29-30-33)19-18(16)15(12-27-19)20(35)23(36)32-10-8-31(9-11-32)21-14(2-1-5-26-21)17(34)3-4-25/h1-2,5-7,12-13,27H,3-4,8-11,25H2. The van der Waals surface area contributed by atoms with Crippen LogP contribution in [0.5, 0.6) is 0 Å². The third-order valence-electron chi connectivity index (χ3n) is 6.05. The van der Waals surface area contributed by atoms with Crippen molar-refractivity contribution in [1.82, 2.24) is 34.8 Å². The molecule has 4 aromatic rings. The highest BCUT2D eigenvalue weighted by Crippen LogP contribution is 2.26. The molecular weight excluding hydrogens is 469 g/mol. The van der Waals surface area contributed by atoms with Gasteiger partial charge in [0.05, 0.1) is 40.6 Å². The van der Waals surface area contributed by atoms with Gasteiger partial charge in [-0.3, -0.25) is 14.4 Å². The highest BCUT2D eigenvalue weighted by Gasteiger charge is 2.31. The lowest BCUT2D eigenvalue weighted by Crippen LogP contribution is -2.51. The van der Waals surface area contributed by atoms with Crippen LogP contribution in [0.3, 0.4) is 0 Å². The summed E-state index contributed by atoms with van der Waals surface area (Å²) in [6.45, 7) is 1.47. The summed E-state index contributed by atoms with van der Waals surface area (Å²) in [7, 11) is 0. The van der Waals surface area contributed by atoms with E-state index in [1.807, 2.05) is 4.90 Å². The number of hydrogen-bond donors (Lipinski definition) is 2. The number of amides is 1. The molecule has 0 spiro atoms. The Bertz CT molecular complexity index is 1440. The largest absolute Gasteiger partial charge is 0.357 e. The van der Waals surface area contributed by atoms with Crippen LogP contribution in [-0.2, 0) is 4.79 Å². The summed E-state index contributed by atoms with van der Waals surface area (Å²) >= 11 is 0. The van der Waals surface area contributed by atoms with E-state index in [4.69, 9.17) is 5.73 Å². The number of anilines is 1. The van der Waals surface area contributed by atoms with Crippen LogP contribution < -0.4 is 10.6 Å². The molecule has 0 atom stereocenters. The first kappa shape index (κ1) is 23.2. The van der Waals surface area contributed by atoms with Crippen LogP contribution in [0.2, 0.25) is 0 Å². The summed E-state index contributed by atoms with van der Waals surface area (Å²) in [6, 6.07) is 3.39. The zero-order valence-corrected chi connectivity index (χ0v) is 19.1. The maximum absolute atomic E-state index is 14.7. The molecule has 0 bridgehead atoms. The molecule has 1 fully saturated rings. The van der Waals surface area contributed by atoms with Gasteiger partial charge < -0.3 is 20.5 Å². The van der Waals surface area contributed by atoms with E-state index in [1.165, 1.54) is 28.2 Å². The van der Waals surface area contributed by atoms with Gasteiger partial charge in [0.1, 0.15) is 5.82 Å². The molecule has 5 heterocycles. The van der Waals surface area contributed by atoms with Gasteiger partial charge in [-0.15, -0.1) is 5.10 Å². The molecular formula is C23H22FN9O3. The molecule has 0 radical (unpaired) electrons. The Kier molecular flexibility index (Phi) is 6.21. The Hall–Kier alpha value is -4.52. The number of pyridine rings is 2. The average molecular weight is 491 g/mol. The highest BCUT2D eigenvalue weighted by atomic mass is 19.1. The van der Waals surface area contributed by atoms with E-state index < -0.39 is 17.5 Å². The molecule has 13 heteroatoms. The Balaban J connectivity index is 1.34. The average Bonchev–Trinajstić information content (AvgIpc) is 3.60. The van der Waals surface area contributed by atoms with Crippen LogP contribution in [0.25, 0.3) is 16.7 Å². The first-order valence-corrected chi connectivity index (χ1v) is 11.3. The van der Waals surface area contributed by atoms with Crippen LogP contribution in [0.4, 0.5) is 10.2 Å². The molecule has 0 aromatic carbocycles. The maximum atomic E-state index is 14.7. The number of carbonyl (C=O) groups is 3. The van der Waals surface area contributed by atoms with Gasteiger partial charge in [0.2, 0.25) is 0 Å². The minimum Gasteiger partial charge on any atom is -0.357 e. The number of nitrogens with one attached hydrogen (secondary N) is 1. The van der Waals surface area contributed by atoms with E-state index in [9.17, 15) is 18.8 Å². The second-order valence-electron chi connectivity index (χ2n) is 8.17. The Labute approximate surface area is 203 Å². The maximum Gasteiger partial charge on any atom is 0.295 e. The predicted octanol–water partition coefficient (Wildman–Crippen LogP) is 0.741. The number of halogens is 1. The van der Waals surface area contributed by atoms with Gasteiger partial charge in [0.15, 0.2) is 17.4 Å². The number of ketones is 2. The van der Waals surface area contributed by atoms with Crippen molar-refractivity contribution in [3.63, 3.8) is 0 Å². The van der Waals surface area contributed by atoms with Crippen molar-refractivity contribution in [2.24, 2.45) is 5.73 Å². The Morgan fingerprint density at radius 2 is 1.86 bits per heavy atom. The fourth-order valence-corrected chi connectivity index (χ4v) is 4.28. The topological polar surface area (TPSA) is 156 Å². The summed E-state index contributed by atoms with van der Waals surface area (Å²) in [5, 5.41) is 7.53. The lowest BCUT2D eigenvalue weighted by Gasteiger charge is -2.35. The number of aromatic amines is 1.